The number of carbonyl (C=O) groups excluding carboxylic acids is 2. The number of para-hydroxylation sites is 1. The van der Waals surface area contributed by atoms with E-state index in [1.807, 2.05) is 11.4 Å². The number of halogens is 1. The van der Waals surface area contributed by atoms with Crippen LogP contribution in [0.3, 0.4) is 0 Å². The van der Waals surface area contributed by atoms with Crippen LogP contribution in [0.2, 0.25) is 0 Å². The van der Waals surface area contributed by atoms with Crippen LogP contribution in [-0.2, 0) is 4.79 Å². The van der Waals surface area contributed by atoms with Crippen molar-refractivity contribution in [1.29, 1.82) is 0 Å². The number of imide groups is 1. The van der Waals surface area contributed by atoms with E-state index in [1.165, 1.54) is 23.1 Å². The van der Waals surface area contributed by atoms with Gasteiger partial charge in [0.15, 0.2) is 0 Å². The molecule has 2 heterocycles. The van der Waals surface area contributed by atoms with Gasteiger partial charge in [0.05, 0.1) is 12.2 Å². The highest BCUT2D eigenvalue weighted by Crippen LogP contribution is 2.33. The maximum Gasteiger partial charge on any atom is 0.326 e. The van der Waals surface area contributed by atoms with E-state index < -0.39 is 17.8 Å². The molecule has 2 aromatic rings. The van der Waals surface area contributed by atoms with Gasteiger partial charge in [-0.3, -0.25) is 15.0 Å². The van der Waals surface area contributed by atoms with E-state index in [0.29, 0.717) is 0 Å². The second-order valence-electron chi connectivity index (χ2n) is 5.63. The van der Waals surface area contributed by atoms with Crippen LogP contribution in [-0.4, -0.2) is 29.9 Å². The molecule has 1 aromatic carbocycles. The number of nitrogens with zero attached hydrogens (tertiary/aromatic N) is 1. The van der Waals surface area contributed by atoms with Crippen LogP contribution in [0.15, 0.2) is 41.8 Å². The van der Waals surface area contributed by atoms with Gasteiger partial charge in [0.2, 0.25) is 5.91 Å². The molecular weight excluding hydrogens is 329 g/mol. The van der Waals surface area contributed by atoms with Crippen molar-refractivity contribution in [2.45, 2.75) is 18.9 Å². The van der Waals surface area contributed by atoms with E-state index in [0.717, 1.165) is 19.4 Å². The van der Waals surface area contributed by atoms with E-state index in [2.05, 4.69) is 21.6 Å². The normalized spacial score (nSPS) is 17.6. The largest absolute Gasteiger partial charge is 0.326 e. The number of benzene rings is 1. The molecule has 126 valence electrons. The van der Waals surface area contributed by atoms with Crippen LogP contribution >= 0.6 is 11.3 Å². The first-order valence-electron chi connectivity index (χ1n) is 7.76. The fourth-order valence-electron chi connectivity index (χ4n) is 2.89. The highest BCUT2D eigenvalue weighted by Gasteiger charge is 2.28. The molecule has 3 amide bonds. The molecule has 1 aliphatic heterocycles. The summed E-state index contributed by atoms with van der Waals surface area (Å²) in [5.74, 6) is -0.940. The van der Waals surface area contributed by atoms with Crippen LogP contribution in [0, 0.1) is 5.82 Å². The minimum atomic E-state index is -0.725. The minimum absolute atomic E-state index is 0.0421. The Hall–Kier alpha value is -2.25. The van der Waals surface area contributed by atoms with Crippen LogP contribution in [0.4, 0.5) is 14.9 Å². The van der Waals surface area contributed by atoms with Gasteiger partial charge >= 0.3 is 6.03 Å². The fourth-order valence-corrected chi connectivity index (χ4v) is 3.78. The van der Waals surface area contributed by atoms with Gasteiger partial charge in [-0.1, -0.05) is 18.2 Å². The topological polar surface area (TPSA) is 61.4 Å². The Bertz CT molecular complexity index is 720. The Balaban J connectivity index is 1.53. The summed E-state index contributed by atoms with van der Waals surface area (Å²) in [7, 11) is 0. The van der Waals surface area contributed by atoms with E-state index in [9.17, 15) is 14.0 Å². The van der Waals surface area contributed by atoms with Gasteiger partial charge in [0.25, 0.3) is 0 Å². The Morgan fingerprint density at radius 1 is 1.25 bits per heavy atom. The molecule has 0 radical (unpaired) electrons. The number of anilines is 1. The van der Waals surface area contributed by atoms with Crippen molar-refractivity contribution in [3.8, 4) is 0 Å². The zero-order valence-corrected chi connectivity index (χ0v) is 13.8. The zero-order chi connectivity index (χ0) is 16.9. The molecule has 3 rings (SSSR count). The molecule has 24 heavy (non-hydrogen) atoms. The van der Waals surface area contributed by atoms with Crippen molar-refractivity contribution in [2.75, 3.05) is 18.4 Å². The molecule has 1 aliphatic rings. The number of thiophene rings is 1. The van der Waals surface area contributed by atoms with Crippen LogP contribution < -0.4 is 10.6 Å². The number of likely N-dealkylation sites (tertiary alicyclic amines) is 1. The third-order valence-electron chi connectivity index (χ3n) is 3.96. The average molecular weight is 347 g/mol. The van der Waals surface area contributed by atoms with Crippen molar-refractivity contribution in [1.82, 2.24) is 10.2 Å². The number of hydrogen-bond donors (Lipinski definition) is 2. The predicted molar refractivity (Wildman–Crippen MR) is 91.4 cm³/mol. The summed E-state index contributed by atoms with van der Waals surface area (Å²) >= 11 is 1.67. The van der Waals surface area contributed by atoms with Gasteiger partial charge in [0, 0.05) is 10.9 Å². The molecule has 1 fully saturated rings. The first-order valence-corrected chi connectivity index (χ1v) is 8.64. The Kier molecular flexibility index (Phi) is 5.22. The Morgan fingerprint density at radius 3 is 2.83 bits per heavy atom. The summed E-state index contributed by atoms with van der Waals surface area (Å²) < 4.78 is 13.5. The number of urea groups is 1. The van der Waals surface area contributed by atoms with Crippen molar-refractivity contribution >= 4 is 29.0 Å². The van der Waals surface area contributed by atoms with Crippen LogP contribution in [0.5, 0.6) is 0 Å². The van der Waals surface area contributed by atoms with Gasteiger partial charge in [-0.25, -0.2) is 9.18 Å². The standard InChI is InChI=1S/C17H18FN3O2S/c18-12-5-1-2-6-13(12)19-17(23)20-16(22)11-21-9-3-7-14(21)15-8-4-10-24-15/h1-2,4-6,8,10,14H,3,7,9,11H2,(H2,19,20,22,23)/t14-/m1/s1. The van der Waals surface area contributed by atoms with Gasteiger partial charge in [0.1, 0.15) is 5.82 Å². The lowest BCUT2D eigenvalue weighted by molar-refractivity contribution is -0.121. The molecule has 0 saturated carbocycles. The van der Waals surface area contributed by atoms with Crippen molar-refractivity contribution < 1.29 is 14.0 Å². The maximum absolute atomic E-state index is 13.5. The SMILES string of the molecule is O=C(CN1CCC[C@@H]1c1cccs1)NC(=O)Nc1ccccc1F. The maximum atomic E-state index is 13.5. The highest BCUT2D eigenvalue weighted by molar-refractivity contribution is 7.10. The molecular formula is C17H18FN3O2S. The van der Waals surface area contributed by atoms with Gasteiger partial charge < -0.3 is 5.32 Å². The minimum Gasteiger partial charge on any atom is -0.305 e. The van der Waals surface area contributed by atoms with E-state index >= 15 is 0 Å². The van der Waals surface area contributed by atoms with Crippen molar-refractivity contribution in [2.24, 2.45) is 0 Å². The Labute approximate surface area is 143 Å². The third-order valence-corrected chi connectivity index (χ3v) is 4.93. The Morgan fingerprint density at radius 2 is 2.08 bits per heavy atom. The van der Waals surface area contributed by atoms with E-state index in [4.69, 9.17) is 0 Å². The number of hydrogen-bond acceptors (Lipinski definition) is 4. The first kappa shape index (κ1) is 16.6. The number of nitrogens with one attached hydrogen (secondary N) is 2. The number of rotatable bonds is 4. The first-order chi connectivity index (χ1) is 11.6. The fraction of sp³-hybridized carbons (Fsp3) is 0.294. The summed E-state index contributed by atoms with van der Waals surface area (Å²) in [5.41, 5.74) is 0.0421. The number of amides is 3. The third kappa shape index (κ3) is 3.98. The summed E-state index contributed by atoms with van der Waals surface area (Å²) in [6.07, 6.45) is 2.03. The molecule has 1 atom stereocenters. The summed E-state index contributed by atoms with van der Waals surface area (Å²) in [6.45, 7) is 0.970. The molecule has 7 heteroatoms. The lowest BCUT2D eigenvalue weighted by Crippen LogP contribution is -2.41. The van der Waals surface area contributed by atoms with Gasteiger partial charge in [-0.05, 0) is 43.0 Å². The summed E-state index contributed by atoms with van der Waals surface area (Å²) in [5, 5.41) is 6.62. The van der Waals surface area contributed by atoms with Crippen molar-refractivity contribution in [3.05, 3.63) is 52.5 Å². The number of carbonyl (C=O) groups is 2. The molecule has 0 aliphatic carbocycles. The van der Waals surface area contributed by atoms with Crippen molar-refractivity contribution in [3.63, 3.8) is 0 Å². The van der Waals surface area contributed by atoms with E-state index in [1.54, 1.807) is 17.4 Å². The molecule has 1 aromatic heterocycles. The molecule has 0 unspecified atom stereocenters. The molecule has 2 N–H and O–H groups in total. The smallest absolute Gasteiger partial charge is 0.305 e. The van der Waals surface area contributed by atoms with Crippen LogP contribution in [0.1, 0.15) is 23.8 Å². The zero-order valence-electron chi connectivity index (χ0n) is 13.0. The lowest BCUT2D eigenvalue weighted by Gasteiger charge is -2.22. The van der Waals surface area contributed by atoms with Crippen LogP contribution in [0.25, 0.3) is 0 Å². The van der Waals surface area contributed by atoms with Gasteiger partial charge in [-0.15, -0.1) is 11.3 Å². The molecule has 1 saturated heterocycles. The summed E-state index contributed by atoms with van der Waals surface area (Å²) in [6, 6.07) is 9.38. The predicted octanol–water partition coefficient (Wildman–Crippen LogP) is 3.37. The molecule has 5 nitrogen and oxygen atoms in total. The monoisotopic (exact) mass is 347 g/mol. The molecule has 0 bridgehead atoms. The second kappa shape index (κ2) is 7.55. The quantitative estimate of drug-likeness (QED) is 0.891. The van der Waals surface area contributed by atoms with Gasteiger partial charge in [-0.2, -0.15) is 0 Å². The van der Waals surface area contributed by atoms with E-state index in [-0.39, 0.29) is 18.3 Å². The lowest BCUT2D eigenvalue weighted by atomic mass is 10.2. The highest BCUT2D eigenvalue weighted by atomic mass is 32.1. The molecule has 0 spiro atoms. The average Bonchev–Trinajstić information content (AvgIpc) is 3.20. The summed E-state index contributed by atoms with van der Waals surface area (Å²) in [4.78, 5) is 27.2. The second-order valence-corrected chi connectivity index (χ2v) is 6.61.